The summed E-state index contributed by atoms with van der Waals surface area (Å²) in [5.41, 5.74) is 1.36. The van der Waals surface area contributed by atoms with Gasteiger partial charge in [0.15, 0.2) is 0 Å². The number of nitrogens with one attached hydrogen (secondary N) is 1. The lowest BCUT2D eigenvalue weighted by Gasteiger charge is -2.20. The largest absolute Gasteiger partial charge is 0.491 e. The molecule has 0 radical (unpaired) electrons. The highest BCUT2D eigenvalue weighted by Crippen LogP contribution is 2.14. The van der Waals surface area contributed by atoms with Crippen LogP contribution in [0.15, 0.2) is 24.3 Å². The average Bonchev–Trinajstić information content (AvgIpc) is 2.32. The van der Waals surface area contributed by atoms with E-state index >= 15 is 0 Å². The molecular formula is C16H27NO2. The Morgan fingerprint density at radius 3 is 2.53 bits per heavy atom. The van der Waals surface area contributed by atoms with Gasteiger partial charge in [-0.25, -0.2) is 0 Å². The topological polar surface area (TPSA) is 30.5 Å². The fraction of sp³-hybridized carbons (Fsp3) is 0.625. The molecule has 3 nitrogen and oxygen atoms in total. The molecule has 0 aromatic heterocycles. The zero-order valence-electron chi connectivity index (χ0n) is 12.8. The van der Waals surface area contributed by atoms with Gasteiger partial charge in [-0.05, 0) is 52.3 Å². The van der Waals surface area contributed by atoms with Crippen LogP contribution in [0.3, 0.4) is 0 Å². The second-order valence-electron chi connectivity index (χ2n) is 6.02. The lowest BCUT2D eigenvalue weighted by atomic mass is 10.1. The van der Waals surface area contributed by atoms with Gasteiger partial charge in [0.25, 0.3) is 0 Å². The highest BCUT2D eigenvalue weighted by atomic mass is 16.5. The molecule has 0 spiro atoms. The number of hydrogen-bond donors (Lipinski definition) is 1. The Bertz CT molecular complexity index is 369. The molecule has 3 heteroatoms. The van der Waals surface area contributed by atoms with E-state index in [2.05, 4.69) is 38.2 Å². The van der Waals surface area contributed by atoms with Crippen LogP contribution in [0.1, 0.15) is 40.2 Å². The van der Waals surface area contributed by atoms with Gasteiger partial charge in [0.1, 0.15) is 12.4 Å². The van der Waals surface area contributed by atoms with Crippen molar-refractivity contribution in [3.8, 4) is 5.75 Å². The van der Waals surface area contributed by atoms with Crippen LogP contribution in [0.25, 0.3) is 0 Å². The van der Waals surface area contributed by atoms with Crippen LogP contribution in [-0.2, 0) is 11.3 Å². The highest BCUT2D eigenvalue weighted by molar-refractivity contribution is 5.28. The molecule has 19 heavy (non-hydrogen) atoms. The van der Waals surface area contributed by atoms with Gasteiger partial charge in [0.2, 0.25) is 0 Å². The van der Waals surface area contributed by atoms with Crippen molar-refractivity contribution in [2.45, 2.75) is 52.8 Å². The molecule has 0 atom stereocenters. The lowest BCUT2D eigenvalue weighted by Crippen LogP contribution is -2.35. The summed E-state index contributed by atoms with van der Waals surface area (Å²) < 4.78 is 11.1. The molecule has 0 bridgehead atoms. The smallest absolute Gasteiger partial charge is 0.119 e. The summed E-state index contributed by atoms with van der Waals surface area (Å²) in [6.45, 7) is 12.6. The molecular weight excluding hydrogens is 238 g/mol. The van der Waals surface area contributed by atoms with Gasteiger partial charge >= 0.3 is 0 Å². The van der Waals surface area contributed by atoms with Gasteiger partial charge in [0, 0.05) is 12.1 Å². The number of ether oxygens (including phenoxy) is 2. The van der Waals surface area contributed by atoms with E-state index in [1.54, 1.807) is 0 Å². The summed E-state index contributed by atoms with van der Waals surface area (Å²) in [6, 6.07) is 8.19. The van der Waals surface area contributed by atoms with Crippen LogP contribution < -0.4 is 10.1 Å². The summed E-state index contributed by atoms with van der Waals surface area (Å²) in [6.07, 6.45) is 0.255. The first-order chi connectivity index (χ1) is 8.87. The van der Waals surface area contributed by atoms with E-state index in [4.69, 9.17) is 9.47 Å². The highest BCUT2D eigenvalue weighted by Gasteiger charge is 2.08. The molecule has 0 amide bonds. The van der Waals surface area contributed by atoms with Gasteiger partial charge in [0.05, 0.1) is 12.7 Å². The van der Waals surface area contributed by atoms with Crippen LogP contribution in [0.5, 0.6) is 5.75 Å². The monoisotopic (exact) mass is 265 g/mol. The van der Waals surface area contributed by atoms with Gasteiger partial charge in [-0.3, -0.25) is 0 Å². The normalized spacial score (nSPS) is 11.9. The molecule has 0 heterocycles. The van der Waals surface area contributed by atoms with E-state index in [-0.39, 0.29) is 11.6 Å². The SMILES string of the molecule is CC(C)OCCOc1cccc(CNC(C)(C)C)c1. The van der Waals surface area contributed by atoms with Gasteiger partial charge in [-0.1, -0.05) is 12.1 Å². The van der Waals surface area contributed by atoms with E-state index < -0.39 is 0 Å². The third-order valence-electron chi connectivity index (χ3n) is 2.52. The third kappa shape index (κ3) is 7.85. The number of rotatable bonds is 7. The Hall–Kier alpha value is -1.06. The Labute approximate surface area is 117 Å². The first kappa shape index (κ1) is 16.0. The maximum Gasteiger partial charge on any atom is 0.119 e. The molecule has 0 saturated carbocycles. The molecule has 1 aromatic carbocycles. The van der Waals surface area contributed by atoms with Crippen molar-refractivity contribution in [3.05, 3.63) is 29.8 Å². The van der Waals surface area contributed by atoms with Crippen LogP contribution in [-0.4, -0.2) is 24.9 Å². The zero-order valence-corrected chi connectivity index (χ0v) is 12.8. The predicted molar refractivity (Wildman–Crippen MR) is 79.6 cm³/mol. The second-order valence-corrected chi connectivity index (χ2v) is 6.02. The molecule has 0 saturated heterocycles. The van der Waals surface area contributed by atoms with Crippen molar-refractivity contribution in [2.75, 3.05) is 13.2 Å². The fourth-order valence-corrected chi connectivity index (χ4v) is 1.56. The minimum atomic E-state index is 0.127. The molecule has 0 unspecified atom stereocenters. The standard InChI is InChI=1S/C16H27NO2/c1-13(2)18-9-10-19-15-8-6-7-14(11-15)12-17-16(3,4)5/h6-8,11,13,17H,9-10,12H2,1-5H3. The summed E-state index contributed by atoms with van der Waals surface area (Å²) in [4.78, 5) is 0. The minimum absolute atomic E-state index is 0.127. The van der Waals surface area contributed by atoms with Crippen molar-refractivity contribution < 1.29 is 9.47 Å². The summed E-state index contributed by atoms with van der Waals surface area (Å²) in [5.74, 6) is 0.903. The molecule has 0 aliphatic heterocycles. The van der Waals surface area contributed by atoms with Crippen molar-refractivity contribution in [2.24, 2.45) is 0 Å². The minimum Gasteiger partial charge on any atom is -0.491 e. The first-order valence-corrected chi connectivity index (χ1v) is 6.95. The summed E-state index contributed by atoms with van der Waals surface area (Å²) >= 11 is 0. The average molecular weight is 265 g/mol. The zero-order chi connectivity index (χ0) is 14.3. The van der Waals surface area contributed by atoms with E-state index in [0.717, 1.165) is 12.3 Å². The molecule has 1 rings (SSSR count). The third-order valence-corrected chi connectivity index (χ3v) is 2.52. The Kier molecular flexibility index (Phi) is 6.32. The molecule has 108 valence electrons. The number of hydrogen-bond acceptors (Lipinski definition) is 3. The van der Waals surface area contributed by atoms with Gasteiger partial charge in [-0.2, -0.15) is 0 Å². The van der Waals surface area contributed by atoms with Crippen LogP contribution >= 0.6 is 0 Å². The van der Waals surface area contributed by atoms with E-state index in [0.29, 0.717) is 13.2 Å². The number of benzene rings is 1. The predicted octanol–water partition coefficient (Wildman–Crippen LogP) is 3.38. The Morgan fingerprint density at radius 1 is 1.16 bits per heavy atom. The van der Waals surface area contributed by atoms with Crippen LogP contribution in [0.4, 0.5) is 0 Å². The van der Waals surface area contributed by atoms with Gasteiger partial charge < -0.3 is 14.8 Å². The summed E-state index contributed by atoms with van der Waals surface area (Å²) in [5, 5.41) is 3.47. The van der Waals surface area contributed by atoms with E-state index in [9.17, 15) is 0 Å². The molecule has 0 aliphatic carbocycles. The van der Waals surface area contributed by atoms with Crippen molar-refractivity contribution in [1.82, 2.24) is 5.32 Å². The molecule has 0 fully saturated rings. The van der Waals surface area contributed by atoms with E-state index in [1.165, 1.54) is 5.56 Å². The maximum atomic E-state index is 5.68. The lowest BCUT2D eigenvalue weighted by molar-refractivity contribution is 0.0552. The second kappa shape index (κ2) is 7.51. The molecule has 0 aliphatic rings. The van der Waals surface area contributed by atoms with Crippen molar-refractivity contribution in [1.29, 1.82) is 0 Å². The molecule has 1 N–H and O–H groups in total. The Balaban J connectivity index is 2.39. The molecule has 1 aromatic rings. The van der Waals surface area contributed by atoms with Crippen LogP contribution in [0, 0.1) is 0 Å². The Morgan fingerprint density at radius 2 is 1.89 bits per heavy atom. The van der Waals surface area contributed by atoms with Crippen molar-refractivity contribution in [3.63, 3.8) is 0 Å². The van der Waals surface area contributed by atoms with E-state index in [1.807, 2.05) is 26.0 Å². The van der Waals surface area contributed by atoms with Crippen molar-refractivity contribution >= 4 is 0 Å². The maximum absolute atomic E-state index is 5.68. The first-order valence-electron chi connectivity index (χ1n) is 6.95. The van der Waals surface area contributed by atoms with Crippen LogP contribution in [0.2, 0.25) is 0 Å². The quantitative estimate of drug-likeness (QED) is 0.767. The fourth-order valence-electron chi connectivity index (χ4n) is 1.56. The summed E-state index contributed by atoms with van der Waals surface area (Å²) in [7, 11) is 0. The van der Waals surface area contributed by atoms with Gasteiger partial charge in [-0.15, -0.1) is 0 Å².